The Morgan fingerprint density at radius 3 is 1.54 bits per heavy atom. The van der Waals surface area contributed by atoms with Gasteiger partial charge in [0, 0.05) is 20.3 Å². The molecule has 13 heavy (non-hydrogen) atoms. The van der Waals surface area contributed by atoms with Gasteiger partial charge < -0.3 is 5.11 Å². The van der Waals surface area contributed by atoms with E-state index in [-0.39, 0.29) is 13.8 Å². The number of alkyl halides is 4. The van der Waals surface area contributed by atoms with Gasteiger partial charge in [0.15, 0.2) is 5.60 Å². The molecule has 0 unspecified atom stereocenters. The van der Waals surface area contributed by atoms with Gasteiger partial charge in [-0.25, -0.2) is 17.6 Å². The van der Waals surface area contributed by atoms with Crippen molar-refractivity contribution in [3.8, 4) is 0 Å². The molecule has 0 bridgehead atoms. The van der Waals surface area contributed by atoms with Crippen LogP contribution in [0.1, 0.15) is 20.3 Å². The van der Waals surface area contributed by atoms with Crippen molar-refractivity contribution in [2.45, 2.75) is 37.7 Å². The first-order valence-electron chi connectivity index (χ1n) is 3.65. The highest BCUT2D eigenvalue weighted by Gasteiger charge is 2.61. The summed E-state index contributed by atoms with van der Waals surface area (Å²) in [5.74, 6) is -7.75. The number of halogens is 4. The molecule has 0 aliphatic rings. The van der Waals surface area contributed by atoms with Gasteiger partial charge in [0.05, 0.1) is 0 Å². The van der Waals surface area contributed by atoms with E-state index in [1.807, 2.05) is 0 Å². The molecule has 78 valence electrons. The number of hydrogen-bond acceptors (Lipinski definition) is 1. The Labute approximate surface area is 74.1 Å². The molecule has 0 heterocycles. The minimum absolute atomic E-state index is 0.258. The van der Waals surface area contributed by atoms with Crippen molar-refractivity contribution < 1.29 is 22.7 Å². The summed E-state index contributed by atoms with van der Waals surface area (Å²) < 4.78 is 50.7. The van der Waals surface area contributed by atoms with E-state index >= 15 is 0 Å². The Kier molecular flexibility index (Phi) is 3.14. The van der Waals surface area contributed by atoms with Crippen molar-refractivity contribution in [3.05, 3.63) is 12.7 Å². The lowest BCUT2D eigenvalue weighted by Crippen LogP contribution is -2.57. The van der Waals surface area contributed by atoms with E-state index in [1.165, 1.54) is 0 Å². The summed E-state index contributed by atoms with van der Waals surface area (Å²) in [7, 11) is 0. The standard InChI is InChI=1S/C8H12F4O/c1-4-5-8(13,6(2,9)10)7(3,11)12/h4,13H,1,5H2,2-3H3. The van der Waals surface area contributed by atoms with Crippen LogP contribution in [0.3, 0.4) is 0 Å². The molecular formula is C8H12F4O. The van der Waals surface area contributed by atoms with Crippen molar-refractivity contribution in [1.82, 2.24) is 0 Å². The lowest BCUT2D eigenvalue weighted by Gasteiger charge is -2.37. The van der Waals surface area contributed by atoms with Gasteiger partial charge in [-0.05, 0) is 0 Å². The van der Waals surface area contributed by atoms with E-state index in [2.05, 4.69) is 6.58 Å². The molecule has 0 aliphatic carbocycles. The third-order valence-electron chi connectivity index (χ3n) is 1.89. The largest absolute Gasteiger partial charge is 0.378 e. The minimum atomic E-state index is -3.88. The van der Waals surface area contributed by atoms with Gasteiger partial charge >= 0.3 is 0 Å². The van der Waals surface area contributed by atoms with Gasteiger partial charge in [0.1, 0.15) is 0 Å². The Morgan fingerprint density at radius 1 is 1.15 bits per heavy atom. The van der Waals surface area contributed by atoms with Gasteiger partial charge in [-0.1, -0.05) is 6.08 Å². The van der Waals surface area contributed by atoms with Crippen LogP contribution in [0.25, 0.3) is 0 Å². The molecule has 0 aromatic rings. The van der Waals surface area contributed by atoms with Crippen LogP contribution in [-0.4, -0.2) is 22.6 Å². The molecule has 0 atom stereocenters. The maximum Gasteiger partial charge on any atom is 0.279 e. The molecule has 0 rings (SSSR count). The predicted molar refractivity (Wildman–Crippen MR) is 41.0 cm³/mol. The summed E-state index contributed by atoms with van der Waals surface area (Å²) in [5, 5.41) is 9.11. The summed E-state index contributed by atoms with van der Waals surface area (Å²) in [6.07, 6.45) is -0.0190. The van der Waals surface area contributed by atoms with Gasteiger partial charge in [0.2, 0.25) is 0 Å². The zero-order chi connectivity index (χ0) is 10.9. The van der Waals surface area contributed by atoms with Crippen LogP contribution < -0.4 is 0 Å². The highest BCUT2D eigenvalue weighted by molar-refractivity contribution is 5.03. The SMILES string of the molecule is C=CCC(O)(C(C)(F)F)C(C)(F)F. The molecule has 5 heteroatoms. The van der Waals surface area contributed by atoms with Crippen LogP contribution in [0.5, 0.6) is 0 Å². The zero-order valence-corrected chi connectivity index (χ0v) is 7.45. The average Bonchev–Trinajstić information content (AvgIpc) is 1.82. The second-order valence-corrected chi connectivity index (χ2v) is 3.13. The molecule has 0 radical (unpaired) electrons. The lowest BCUT2D eigenvalue weighted by molar-refractivity contribution is -0.268. The molecule has 0 aromatic carbocycles. The van der Waals surface area contributed by atoms with Gasteiger partial charge in [0.25, 0.3) is 11.8 Å². The number of aliphatic hydroxyl groups is 1. The molecule has 0 fully saturated rings. The van der Waals surface area contributed by atoms with E-state index in [4.69, 9.17) is 5.11 Å². The van der Waals surface area contributed by atoms with Crippen molar-refractivity contribution >= 4 is 0 Å². The van der Waals surface area contributed by atoms with E-state index in [9.17, 15) is 17.6 Å². The fourth-order valence-electron chi connectivity index (χ4n) is 0.953. The average molecular weight is 200 g/mol. The predicted octanol–water partition coefficient (Wildman–Crippen LogP) is 2.60. The fraction of sp³-hybridized carbons (Fsp3) is 0.750. The lowest BCUT2D eigenvalue weighted by atomic mass is 9.87. The Balaban J connectivity index is 5.07. The van der Waals surface area contributed by atoms with Crippen LogP contribution in [0.2, 0.25) is 0 Å². The fourth-order valence-corrected chi connectivity index (χ4v) is 0.953. The van der Waals surface area contributed by atoms with E-state index in [0.29, 0.717) is 0 Å². The monoisotopic (exact) mass is 200 g/mol. The second-order valence-electron chi connectivity index (χ2n) is 3.13. The normalized spacial score (nSPS) is 14.4. The summed E-state index contributed by atoms with van der Waals surface area (Å²) in [6.45, 7) is 3.56. The smallest absolute Gasteiger partial charge is 0.279 e. The van der Waals surface area contributed by atoms with Crippen LogP contribution in [0.15, 0.2) is 12.7 Å². The van der Waals surface area contributed by atoms with Crippen LogP contribution >= 0.6 is 0 Å². The Morgan fingerprint density at radius 2 is 1.46 bits per heavy atom. The second kappa shape index (κ2) is 3.29. The van der Waals surface area contributed by atoms with Crippen LogP contribution in [0.4, 0.5) is 17.6 Å². The minimum Gasteiger partial charge on any atom is -0.378 e. The third kappa shape index (κ3) is 2.21. The highest BCUT2D eigenvalue weighted by atomic mass is 19.3. The summed E-state index contributed by atoms with van der Waals surface area (Å²) in [6, 6.07) is 0. The molecule has 0 saturated heterocycles. The Bertz CT molecular complexity index is 175. The molecule has 1 nitrogen and oxygen atoms in total. The quantitative estimate of drug-likeness (QED) is 0.546. The van der Waals surface area contributed by atoms with Crippen LogP contribution in [-0.2, 0) is 0 Å². The number of hydrogen-bond donors (Lipinski definition) is 1. The maximum absolute atomic E-state index is 12.7. The summed E-state index contributed by atoms with van der Waals surface area (Å²) in [5.41, 5.74) is -3.36. The zero-order valence-electron chi connectivity index (χ0n) is 7.45. The molecular weight excluding hydrogens is 188 g/mol. The van der Waals surface area contributed by atoms with Crippen molar-refractivity contribution in [3.63, 3.8) is 0 Å². The topological polar surface area (TPSA) is 20.2 Å². The van der Waals surface area contributed by atoms with E-state index in [1.54, 1.807) is 0 Å². The third-order valence-corrected chi connectivity index (χ3v) is 1.89. The molecule has 0 aliphatic heterocycles. The van der Waals surface area contributed by atoms with Gasteiger partial charge in [-0.3, -0.25) is 0 Å². The summed E-state index contributed by atoms with van der Waals surface area (Å²) >= 11 is 0. The molecule has 0 spiro atoms. The first-order chi connectivity index (χ1) is 5.56. The van der Waals surface area contributed by atoms with Gasteiger partial charge in [-0.15, -0.1) is 6.58 Å². The van der Waals surface area contributed by atoms with Gasteiger partial charge in [-0.2, -0.15) is 0 Å². The molecule has 0 aromatic heterocycles. The van der Waals surface area contributed by atoms with Crippen molar-refractivity contribution in [2.75, 3.05) is 0 Å². The van der Waals surface area contributed by atoms with E-state index < -0.39 is 23.9 Å². The molecule has 0 amide bonds. The van der Waals surface area contributed by atoms with Crippen LogP contribution in [0, 0.1) is 0 Å². The van der Waals surface area contributed by atoms with E-state index in [0.717, 1.165) is 6.08 Å². The Hall–Kier alpha value is -0.580. The molecule has 0 saturated carbocycles. The first-order valence-corrected chi connectivity index (χ1v) is 3.65. The van der Waals surface area contributed by atoms with Crippen molar-refractivity contribution in [2.24, 2.45) is 0 Å². The highest BCUT2D eigenvalue weighted by Crippen LogP contribution is 2.42. The maximum atomic E-state index is 12.7. The first kappa shape index (κ1) is 12.4. The molecule has 1 N–H and O–H groups in total. The summed E-state index contributed by atoms with van der Waals surface area (Å²) in [4.78, 5) is 0. The van der Waals surface area contributed by atoms with Crippen molar-refractivity contribution in [1.29, 1.82) is 0 Å². The number of rotatable bonds is 4.